The van der Waals surface area contributed by atoms with Gasteiger partial charge in [0.25, 0.3) is 0 Å². The Kier molecular flexibility index (Phi) is 8.92. The van der Waals surface area contributed by atoms with Crippen molar-refractivity contribution in [1.29, 1.82) is 0 Å². The quantitative estimate of drug-likeness (QED) is 0.847. The third-order valence-corrected chi connectivity index (χ3v) is 4.58. The zero-order valence-electron chi connectivity index (χ0n) is 13.4. The van der Waals surface area contributed by atoms with Crippen LogP contribution in [0.5, 0.6) is 0 Å². The molecule has 0 bridgehead atoms. The van der Waals surface area contributed by atoms with E-state index in [-0.39, 0.29) is 36.8 Å². The lowest BCUT2D eigenvalue weighted by Gasteiger charge is -2.24. The van der Waals surface area contributed by atoms with E-state index in [1.54, 1.807) is 0 Å². The van der Waals surface area contributed by atoms with Crippen molar-refractivity contribution in [1.82, 2.24) is 15.5 Å². The van der Waals surface area contributed by atoms with E-state index in [0.717, 1.165) is 39.0 Å². The van der Waals surface area contributed by atoms with E-state index in [1.807, 2.05) is 6.07 Å². The van der Waals surface area contributed by atoms with E-state index >= 15 is 0 Å². The maximum atomic E-state index is 12.4. The first-order chi connectivity index (χ1) is 10.3. The number of halogens is 2. The fraction of sp³-hybridized carbons (Fsp3) is 0.588. The monoisotopic (exact) mass is 359 g/mol. The second-order valence-corrected chi connectivity index (χ2v) is 6.15. The molecule has 2 aliphatic rings. The van der Waals surface area contributed by atoms with Gasteiger partial charge in [0, 0.05) is 19.1 Å². The zero-order chi connectivity index (χ0) is 14.5. The number of amides is 1. The Morgan fingerprint density at radius 3 is 2.65 bits per heavy atom. The number of carbonyl (C=O) groups is 1. The van der Waals surface area contributed by atoms with Gasteiger partial charge in [0.1, 0.15) is 0 Å². The van der Waals surface area contributed by atoms with Gasteiger partial charge in [-0.05, 0) is 44.3 Å². The van der Waals surface area contributed by atoms with E-state index in [1.165, 1.54) is 18.4 Å². The molecule has 2 saturated heterocycles. The minimum Gasteiger partial charge on any atom is -0.353 e. The van der Waals surface area contributed by atoms with Crippen molar-refractivity contribution in [3.8, 4) is 0 Å². The molecular weight excluding hydrogens is 333 g/mol. The van der Waals surface area contributed by atoms with Gasteiger partial charge in [-0.3, -0.25) is 9.69 Å². The fourth-order valence-corrected chi connectivity index (χ4v) is 3.40. The molecule has 0 spiro atoms. The van der Waals surface area contributed by atoms with E-state index in [9.17, 15) is 4.79 Å². The van der Waals surface area contributed by atoms with Gasteiger partial charge >= 0.3 is 0 Å². The number of rotatable bonds is 5. The molecule has 2 aliphatic heterocycles. The highest BCUT2D eigenvalue weighted by molar-refractivity contribution is 5.85. The summed E-state index contributed by atoms with van der Waals surface area (Å²) in [6.45, 7) is 3.76. The Hall–Kier alpha value is -0.810. The summed E-state index contributed by atoms with van der Waals surface area (Å²) in [6.07, 6.45) is 4.51. The number of carbonyl (C=O) groups excluding carboxylic acids is 1. The molecule has 2 heterocycles. The van der Waals surface area contributed by atoms with Crippen LogP contribution in [0.25, 0.3) is 0 Å². The average Bonchev–Trinajstić information content (AvgIpc) is 3.17. The Bertz CT molecular complexity index is 466. The van der Waals surface area contributed by atoms with Crippen LogP contribution in [0.3, 0.4) is 0 Å². The molecule has 6 heteroatoms. The highest BCUT2D eigenvalue weighted by Gasteiger charge is 2.30. The van der Waals surface area contributed by atoms with Crippen molar-refractivity contribution < 1.29 is 4.79 Å². The molecule has 0 radical (unpaired) electrons. The lowest BCUT2D eigenvalue weighted by atomic mass is 10.1. The van der Waals surface area contributed by atoms with Gasteiger partial charge in [-0.2, -0.15) is 0 Å². The van der Waals surface area contributed by atoms with Crippen molar-refractivity contribution in [2.75, 3.05) is 19.6 Å². The van der Waals surface area contributed by atoms with Crippen LogP contribution < -0.4 is 10.6 Å². The molecule has 23 heavy (non-hydrogen) atoms. The third-order valence-electron chi connectivity index (χ3n) is 4.58. The summed E-state index contributed by atoms with van der Waals surface area (Å²) in [5, 5.41) is 6.56. The largest absolute Gasteiger partial charge is 0.353 e. The number of nitrogens with zero attached hydrogens (tertiary/aromatic N) is 1. The van der Waals surface area contributed by atoms with Gasteiger partial charge in [0.2, 0.25) is 5.91 Å². The zero-order valence-corrected chi connectivity index (χ0v) is 15.0. The molecule has 2 N–H and O–H groups in total. The van der Waals surface area contributed by atoms with Crippen LogP contribution in [0.1, 0.15) is 31.2 Å². The number of benzene rings is 1. The summed E-state index contributed by atoms with van der Waals surface area (Å²) in [4.78, 5) is 14.7. The van der Waals surface area contributed by atoms with Gasteiger partial charge in [0.15, 0.2) is 0 Å². The second-order valence-electron chi connectivity index (χ2n) is 6.15. The second kappa shape index (κ2) is 10.1. The van der Waals surface area contributed by atoms with Crippen molar-refractivity contribution in [3.05, 3.63) is 35.9 Å². The third kappa shape index (κ3) is 5.64. The predicted octanol–water partition coefficient (Wildman–Crippen LogP) is 2.36. The number of likely N-dealkylation sites (tertiary alicyclic amines) is 1. The Labute approximate surface area is 151 Å². The smallest absolute Gasteiger partial charge is 0.237 e. The minimum atomic E-state index is 0. The average molecular weight is 360 g/mol. The molecule has 1 aromatic rings. The van der Waals surface area contributed by atoms with Crippen LogP contribution in [0.15, 0.2) is 30.3 Å². The van der Waals surface area contributed by atoms with E-state index < -0.39 is 0 Å². The highest BCUT2D eigenvalue weighted by atomic mass is 35.5. The standard InChI is InChI=1S/C17H25N3O.2ClH/c21-17(19-12-15-8-4-10-18-15)16-9-5-11-20(16)13-14-6-2-1-3-7-14;;/h1-3,6-7,15-16,18H,4-5,8-13H2,(H,19,21);2*1H. The van der Waals surface area contributed by atoms with Gasteiger partial charge in [-0.1, -0.05) is 30.3 Å². The topological polar surface area (TPSA) is 44.4 Å². The van der Waals surface area contributed by atoms with Crippen LogP contribution in [0.2, 0.25) is 0 Å². The van der Waals surface area contributed by atoms with Crippen molar-refractivity contribution >= 4 is 30.7 Å². The maximum Gasteiger partial charge on any atom is 0.237 e. The molecule has 2 atom stereocenters. The summed E-state index contributed by atoms with van der Waals surface area (Å²) < 4.78 is 0. The molecule has 0 aromatic heterocycles. The van der Waals surface area contributed by atoms with E-state index in [0.29, 0.717) is 6.04 Å². The van der Waals surface area contributed by atoms with Crippen molar-refractivity contribution in [2.24, 2.45) is 0 Å². The number of hydrogen-bond acceptors (Lipinski definition) is 3. The van der Waals surface area contributed by atoms with Crippen LogP contribution in [-0.4, -0.2) is 42.5 Å². The van der Waals surface area contributed by atoms with Gasteiger partial charge in [0.05, 0.1) is 6.04 Å². The molecular formula is C17H27Cl2N3O. The van der Waals surface area contributed by atoms with Crippen LogP contribution in [0, 0.1) is 0 Å². The van der Waals surface area contributed by atoms with Crippen molar-refractivity contribution in [2.45, 2.75) is 44.3 Å². The normalized spacial score (nSPS) is 23.8. The summed E-state index contributed by atoms with van der Waals surface area (Å²) in [6, 6.07) is 10.9. The van der Waals surface area contributed by atoms with E-state index in [4.69, 9.17) is 0 Å². The highest BCUT2D eigenvalue weighted by Crippen LogP contribution is 2.20. The van der Waals surface area contributed by atoms with Crippen LogP contribution in [0.4, 0.5) is 0 Å². The Morgan fingerprint density at radius 1 is 1.17 bits per heavy atom. The SMILES string of the molecule is Cl.Cl.O=C(NCC1CCCN1)C1CCCN1Cc1ccccc1. The molecule has 4 nitrogen and oxygen atoms in total. The Balaban J connectivity index is 0.00000132. The van der Waals surface area contributed by atoms with Crippen LogP contribution >= 0.6 is 24.8 Å². The molecule has 1 aromatic carbocycles. The van der Waals surface area contributed by atoms with Gasteiger partial charge in [-0.25, -0.2) is 0 Å². The number of nitrogens with one attached hydrogen (secondary N) is 2. The van der Waals surface area contributed by atoms with E-state index in [2.05, 4.69) is 39.8 Å². The Morgan fingerprint density at radius 2 is 1.96 bits per heavy atom. The maximum absolute atomic E-state index is 12.4. The molecule has 2 fully saturated rings. The first-order valence-corrected chi connectivity index (χ1v) is 8.12. The van der Waals surface area contributed by atoms with Crippen molar-refractivity contribution in [3.63, 3.8) is 0 Å². The predicted molar refractivity (Wildman–Crippen MR) is 98.4 cm³/mol. The molecule has 0 aliphatic carbocycles. The summed E-state index contributed by atoms with van der Waals surface area (Å²) in [5.41, 5.74) is 1.29. The fourth-order valence-electron chi connectivity index (χ4n) is 3.40. The summed E-state index contributed by atoms with van der Waals surface area (Å²) in [7, 11) is 0. The minimum absolute atomic E-state index is 0. The molecule has 2 unspecified atom stereocenters. The first kappa shape index (κ1) is 20.2. The lowest BCUT2D eigenvalue weighted by Crippen LogP contribution is -2.46. The number of hydrogen-bond donors (Lipinski definition) is 2. The molecule has 130 valence electrons. The molecule has 1 amide bonds. The molecule has 3 rings (SSSR count). The molecule has 0 saturated carbocycles. The summed E-state index contributed by atoms with van der Waals surface area (Å²) in [5.74, 6) is 0.206. The van der Waals surface area contributed by atoms with Gasteiger partial charge < -0.3 is 10.6 Å². The van der Waals surface area contributed by atoms with Gasteiger partial charge in [-0.15, -0.1) is 24.8 Å². The summed E-state index contributed by atoms with van der Waals surface area (Å²) >= 11 is 0. The first-order valence-electron chi connectivity index (χ1n) is 8.12. The van der Waals surface area contributed by atoms with Crippen LogP contribution in [-0.2, 0) is 11.3 Å². The lowest BCUT2D eigenvalue weighted by molar-refractivity contribution is -0.125.